The molecule has 1 fully saturated rings. The van der Waals surface area contributed by atoms with E-state index in [9.17, 15) is 0 Å². The zero-order valence-electron chi connectivity index (χ0n) is 15.5. The molecule has 0 unspecified atom stereocenters. The van der Waals surface area contributed by atoms with Crippen molar-refractivity contribution in [3.8, 4) is 0 Å². The summed E-state index contributed by atoms with van der Waals surface area (Å²) in [5.41, 5.74) is 5.94. The monoisotopic (exact) mass is 351 g/mol. The molecular weight excluding hydrogens is 326 g/mol. The third-order valence-corrected chi connectivity index (χ3v) is 5.24. The molecule has 4 rings (SSSR count). The smallest absolute Gasteiger partial charge is 0.110 e. The Morgan fingerprint density at radius 2 is 2.27 bits per heavy atom. The normalized spacial score (nSPS) is 17.7. The van der Waals surface area contributed by atoms with E-state index >= 15 is 0 Å². The second-order valence-electron chi connectivity index (χ2n) is 7.37. The summed E-state index contributed by atoms with van der Waals surface area (Å²) in [5.74, 6) is 0. The number of anilines is 1. The maximum Gasteiger partial charge on any atom is 0.110 e. The molecule has 0 radical (unpaired) electrons. The summed E-state index contributed by atoms with van der Waals surface area (Å²) in [6.07, 6.45) is 5.56. The lowest BCUT2D eigenvalue weighted by Crippen LogP contribution is -2.24. The van der Waals surface area contributed by atoms with Gasteiger partial charge < -0.3 is 10.1 Å². The molecular formula is C20H25N5O. The summed E-state index contributed by atoms with van der Waals surface area (Å²) in [5, 5.41) is 10.9. The van der Waals surface area contributed by atoms with Gasteiger partial charge in [0.1, 0.15) is 11.0 Å². The van der Waals surface area contributed by atoms with E-state index in [1.54, 1.807) is 6.20 Å². The van der Waals surface area contributed by atoms with Crippen LogP contribution in [0.15, 0.2) is 30.6 Å². The van der Waals surface area contributed by atoms with Crippen molar-refractivity contribution in [1.29, 1.82) is 0 Å². The van der Waals surface area contributed by atoms with Crippen molar-refractivity contribution in [3.05, 3.63) is 47.5 Å². The Labute approximate surface area is 153 Å². The number of rotatable bonds is 5. The van der Waals surface area contributed by atoms with Gasteiger partial charge in [-0.15, -0.1) is 0 Å². The third-order valence-electron chi connectivity index (χ3n) is 5.24. The fourth-order valence-electron chi connectivity index (χ4n) is 3.66. The third kappa shape index (κ3) is 2.94. The first-order chi connectivity index (χ1) is 12.6. The molecule has 0 spiro atoms. The number of H-pyrrole nitrogens is 1. The first kappa shape index (κ1) is 17.0. The van der Waals surface area contributed by atoms with E-state index in [0.717, 1.165) is 54.2 Å². The zero-order chi connectivity index (χ0) is 18.1. The molecule has 1 aliphatic heterocycles. The molecule has 6 nitrogen and oxygen atoms in total. The van der Waals surface area contributed by atoms with Crippen molar-refractivity contribution >= 4 is 16.7 Å². The van der Waals surface area contributed by atoms with Crippen molar-refractivity contribution in [2.75, 3.05) is 18.5 Å². The van der Waals surface area contributed by atoms with E-state index in [-0.39, 0.29) is 5.41 Å². The lowest BCUT2D eigenvalue weighted by Gasteiger charge is -2.27. The van der Waals surface area contributed by atoms with E-state index in [1.165, 1.54) is 5.56 Å². The summed E-state index contributed by atoms with van der Waals surface area (Å²) in [4.78, 5) is 9.47. The molecule has 0 saturated carbocycles. The van der Waals surface area contributed by atoms with Gasteiger partial charge in [-0.3, -0.25) is 10.1 Å². The topological polar surface area (TPSA) is 75.7 Å². The molecule has 0 aliphatic carbocycles. The average molecular weight is 351 g/mol. The second-order valence-corrected chi connectivity index (χ2v) is 7.37. The van der Waals surface area contributed by atoms with Crippen molar-refractivity contribution in [3.63, 3.8) is 0 Å². The molecule has 2 N–H and O–H groups in total. The van der Waals surface area contributed by atoms with Gasteiger partial charge >= 0.3 is 0 Å². The van der Waals surface area contributed by atoms with Crippen molar-refractivity contribution in [2.24, 2.45) is 0 Å². The van der Waals surface area contributed by atoms with Crippen LogP contribution in [0, 0.1) is 0 Å². The summed E-state index contributed by atoms with van der Waals surface area (Å²) in [6, 6.07) is 6.63. The summed E-state index contributed by atoms with van der Waals surface area (Å²) >= 11 is 0. The number of fused-ring (bicyclic) bond motifs is 1. The van der Waals surface area contributed by atoms with E-state index in [0.29, 0.717) is 6.04 Å². The Hall–Kier alpha value is -2.47. The molecule has 0 amide bonds. The van der Waals surface area contributed by atoms with Crippen LogP contribution in [-0.4, -0.2) is 39.4 Å². The van der Waals surface area contributed by atoms with Gasteiger partial charge in [-0.1, -0.05) is 26.8 Å². The zero-order valence-corrected chi connectivity index (χ0v) is 15.5. The number of aromatic nitrogens is 4. The molecule has 0 aromatic carbocycles. The Morgan fingerprint density at radius 3 is 3.04 bits per heavy atom. The standard InChI is InChI=1S/C20H25N5O/c1-4-15-14(6-5-8-21-15)20(2,3)18-10-16(23-13-7-9-26-12-13)19-17(24-18)11-22-25-19/h5-6,8,10-11,13H,4,7,9,12H2,1-3H3,(H,22,25)(H,23,24)/t13-/m1/s1. The molecule has 3 aromatic rings. The van der Waals surface area contributed by atoms with Gasteiger partial charge in [0, 0.05) is 23.9 Å². The summed E-state index contributed by atoms with van der Waals surface area (Å²) < 4.78 is 5.51. The maximum atomic E-state index is 5.51. The van der Waals surface area contributed by atoms with Crippen LogP contribution in [0.3, 0.4) is 0 Å². The highest BCUT2D eigenvalue weighted by atomic mass is 16.5. The number of aryl methyl sites for hydroxylation is 1. The van der Waals surface area contributed by atoms with Crippen LogP contribution in [-0.2, 0) is 16.6 Å². The minimum atomic E-state index is -0.256. The minimum absolute atomic E-state index is 0.256. The highest BCUT2D eigenvalue weighted by molar-refractivity contribution is 5.87. The predicted molar refractivity (Wildman–Crippen MR) is 102 cm³/mol. The van der Waals surface area contributed by atoms with Gasteiger partial charge in [0.15, 0.2) is 0 Å². The van der Waals surface area contributed by atoms with Crippen LogP contribution in [0.1, 0.15) is 44.1 Å². The fourth-order valence-corrected chi connectivity index (χ4v) is 3.66. The molecule has 1 aliphatic rings. The van der Waals surface area contributed by atoms with Gasteiger partial charge in [-0.05, 0) is 30.5 Å². The quantitative estimate of drug-likeness (QED) is 0.736. The van der Waals surface area contributed by atoms with Crippen LogP contribution in [0.4, 0.5) is 5.69 Å². The Bertz CT molecular complexity index is 911. The van der Waals surface area contributed by atoms with Gasteiger partial charge in [-0.25, -0.2) is 4.98 Å². The highest BCUT2D eigenvalue weighted by Crippen LogP contribution is 2.35. The molecule has 6 heteroatoms. The van der Waals surface area contributed by atoms with Crippen LogP contribution in [0.25, 0.3) is 11.0 Å². The Morgan fingerprint density at radius 1 is 1.38 bits per heavy atom. The van der Waals surface area contributed by atoms with Gasteiger partial charge in [0.2, 0.25) is 0 Å². The van der Waals surface area contributed by atoms with Gasteiger partial charge in [0.25, 0.3) is 0 Å². The molecule has 1 saturated heterocycles. The van der Waals surface area contributed by atoms with Crippen LogP contribution < -0.4 is 5.32 Å². The van der Waals surface area contributed by atoms with E-state index in [1.807, 2.05) is 12.3 Å². The maximum absolute atomic E-state index is 5.51. The number of hydrogen-bond acceptors (Lipinski definition) is 5. The average Bonchev–Trinajstić information content (AvgIpc) is 3.33. The minimum Gasteiger partial charge on any atom is -0.379 e. The number of ether oxygens (including phenoxy) is 1. The molecule has 4 heterocycles. The van der Waals surface area contributed by atoms with Gasteiger partial charge in [0.05, 0.1) is 30.2 Å². The predicted octanol–water partition coefficient (Wildman–Crippen LogP) is 3.44. The fraction of sp³-hybridized carbons (Fsp3) is 0.450. The summed E-state index contributed by atoms with van der Waals surface area (Å²) in [6.45, 7) is 8.10. The van der Waals surface area contributed by atoms with Crippen LogP contribution in [0.5, 0.6) is 0 Å². The number of nitrogens with zero attached hydrogens (tertiary/aromatic N) is 3. The molecule has 0 bridgehead atoms. The molecule has 1 atom stereocenters. The number of nitrogens with one attached hydrogen (secondary N) is 2. The highest BCUT2D eigenvalue weighted by Gasteiger charge is 2.29. The Kier molecular flexibility index (Phi) is 4.36. The number of aromatic amines is 1. The molecule has 136 valence electrons. The summed E-state index contributed by atoms with van der Waals surface area (Å²) in [7, 11) is 0. The largest absolute Gasteiger partial charge is 0.379 e. The van der Waals surface area contributed by atoms with Crippen LogP contribution >= 0.6 is 0 Å². The van der Waals surface area contributed by atoms with E-state index in [2.05, 4.69) is 53.4 Å². The van der Waals surface area contributed by atoms with E-state index in [4.69, 9.17) is 9.72 Å². The SMILES string of the molecule is CCc1ncccc1C(C)(C)c1cc(N[C@@H]2CCOC2)c2[nH]ncc2n1. The lowest BCUT2D eigenvalue weighted by atomic mass is 9.79. The second kappa shape index (κ2) is 6.68. The lowest BCUT2D eigenvalue weighted by molar-refractivity contribution is 0.195. The van der Waals surface area contributed by atoms with Crippen molar-refractivity contribution < 1.29 is 4.74 Å². The first-order valence-corrected chi connectivity index (χ1v) is 9.23. The van der Waals surface area contributed by atoms with Gasteiger partial charge in [-0.2, -0.15) is 5.10 Å². The molecule has 26 heavy (non-hydrogen) atoms. The molecule has 3 aromatic heterocycles. The number of hydrogen-bond donors (Lipinski definition) is 2. The van der Waals surface area contributed by atoms with Crippen molar-refractivity contribution in [2.45, 2.75) is 45.1 Å². The van der Waals surface area contributed by atoms with E-state index < -0.39 is 0 Å². The number of pyridine rings is 2. The Balaban J connectivity index is 1.80. The first-order valence-electron chi connectivity index (χ1n) is 9.23. The van der Waals surface area contributed by atoms with Crippen LogP contribution in [0.2, 0.25) is 0 Å². The van der Waals surface area contributed by atoms with Crippen molar-refractivity contribution in [1.82, 2.24) is 20.2 Å².